The summed E-state index contributed by atoms with van der Waals surface area (Å²) in [5.74, 6) is 0. The van der Waals surface area contributed by atoms with Crippen LogP contribution in [0.4, 0.5) is 0 Å². The molecule has 1 aromatic carbocycles. The van der Waals surface area contributed by atoms with E-state index in [0.717, 1.165) is 6.54 Å². The summed E-state index contributed by atoms with van der Waals surface area (Å²) >= 11 is 0. The van der Waals surface area contributed by atoms with Gasteiger partial charge in [-0.15, -0.1) is 0 Å². The first-order valence-electron chi connectivity index (χ1n) is 6.38. The quantitative estimate of drug-likeness (QED) is 0.815. The molecule has 3 N–H and O–H groups in total. The smallest absolute Gasteiger partial charge is 0.0491 e. The largest absolute Gasteiger partial charge is 0.358 e. The highest BCUT2D eigenvalue weighted by Gasteiger charge is 2.45. The second-order valence-corrected chi connectivity index (χ2v) is 5.56. The van der Waals surface area contributed by atoms with Gasteiger partial charge in [-0.3, -0.25) is 0 Å². The second-order valence-electron chi connectivity index (χ2n) is 5.56. The fourth-order valence-corrected chi connectivity index (χ4v) is 3.10. The van der Waals surface area contributed by atoms with Crippen LogP contribution in [0.15, 0.2) is 12.1 Å². The average Bonchev–Trinajstić information content (AvgIpc) is 3.01. The third kappa shape index (κ3) is 1.37. The molecule has 90 valence electrons. The minimum atomic E-state index is 0.265. The highest BCUT2D eigenvalue weighted by Crippen LogP contribution is 2.51. The van der Waals surface area contributed by atoms with Gasteiger partial charge >= 0.3 is 0 Å². The topological polar surface area (TPSA) is 41.8 Å². The number of aromatic amines is 1. The maximum Gasteiger partial charge on any atom is 0.0491 e. The van der Waals surface area contributed by atoms with E-state index in [2.05, 4.69) is 37.9 Å². The Hall–Kier alpha value is -1.28. The van der Waals surface area contributed by atoms with Crippen molar-refractivity contribution in [1.82, 2.24) is 4.98 Å². The fourth-order valence-electron chi connectivity index (χ4n) is 3.10. The Morgan fingerprint density at radius 1 is 1.18 bits per heavy atom. The number of rotatable bonds is 2. The molecule has 17 heavy (non-hydrogen) atoms. The van der Waals surface area contributed by atoms with Gasteiger partial charge in [0.05, 0.1) is 0 Å². The van der Waals surface area contributed by atoms with Crippen LogP contribution in [0, 0.1) is 20.8 Å². The lowest BCUT2D eigenvalue weighted by atomic mass is 9.91. The van der Waals surface area contributed by atoms with E-state index in [9.17, 15) is 0 Å². The molecule has 0 amide bonds. The third-order valence-corrected chi connectivity index (χ3v) is 4.33. The molecule has 1 saturated carbocycles. The molecule has 1 fully saturated rings. The van der Waals surface area contributed by atoms with Crippen molar-refractivity contribution in [3.63, 3.8) is 0 Å². The molecular formula is C15H20N2. The molecule has 0 unspecified atom stereocenters. The number of aryl methyl sites for hydroxylation is 3. The molecule has 0 aliphatic heterocycles. The monoisotopic (exact) mass is 228 g/mol. The van der Waals surface area contributed by atoms with Crippen LogP contribution in [0.1, 0.15) is 35.2 Å². The molecule has 3 rings (SSSR count). The van der Waals surface area contributed by atoms with Gasteiger partial charge in [0.25, 0.3) is 0 Å². The van der Waals surface area contributed by atoms with E-state index >= 15 is 0 Å². The number of benzene rings is 1. The predicted molar refractivity (Wildman–Crippen MR) is 72.5 cm³/mol. The van der Waals surface area contributed by atoms with Gasteiger partial charge in [-0.2, -0.15) is 0 Å². The molecule has 2 aromatic rings. The number of hydrogen-bond donors (Lipinski definition) is 2. The highest BCUT2D eigenvalue weighted by molar-refractivity contribution is 5.91. The summed E-state index contributed by atoms with van der Waals surface area (Å²) in [5.41, 5.74) is 13.0. The molecule has 0 spiro atoms. The number of H-pyrrole nitrogens is 1. The maximum atomic E-state index is 5.99. The van der Waals surface area contributed by atoms with E-state index in [4.69, 9.17) is 5.73 Å². The zero-order chi connectivity index (χ0) is 12.2. The van der Waals surface area contributed by atoms with E-state index in [1.807, 2.05) is 0 Å². The van der Waals surface area contributed by atoms with Gasteiger partial charge in [0.15, 0.2) is 0 Å². The van der Waals surface area contributed by atoms with Gasteiger partial charge in [0.1, 0.15) is 0 Å². The number of nitrogens with one attached hydrogen (secondary N) is 1. The molecule has 1 aromatic heterocycles. The Balaban J connectivity index is 2.38. The minimum Gasteiger partial charge on any atom is -0.358 e. The number of hydrogen-bond acceptors (Lipinski definition) is 1. The Morgan fingerprint density at radius 2 is 1.82 bits per heavy atom. The lowest BCUT2D eigenvalue weighted by molar-refractivity contribution is 0.704. The van der Waals surface area contributed by atoms with Gasteiger partial charge in [-0.1, -0.05) is 12.1 Å². The van der Waals surface area contributed by atoms with E-state index in [0.29, 0.717) is 0 Å². The molecule has 1 heterocycles. The summed E-state index contributed by atoms with van der Waals surface area (Å²) in [6, 6.07) is 4.42. The Labute approximate surface area is 102 Å². The summed E-state index contributed by atoms with van der Waals surface area (Å²) in [4.78, 5) is 3.56. The fraction of sp³-hybridized carbons (Fsp3) is 0.467. The molecule has 0 bridgehead atoms. The zero-order valence-corrected chi connectivity index (χ0v) is 10.9. The molecule has 1 aliphatic carbocycles. The van der Waals surface area contributed by atoms with Gasteiger partial charge in [0.2, 0.25) is 0 Å². The van der Waals surface area contributed by atoms with Crippen LogP contribution >= 0.6 is 0 Å². The predicted octanol–water partition coefficient (Wildman–Crippen LogP) is 3.08. The van der Waals surface area contributed by atoms with Crippen molar-refractivity contribution < 1.29 is 0 Å². The Kier molecular flexibility index (Phi) is 2.14. The van der Waals surface area contributed by atoms with E-state index in [-0.39, 0.29) is 5.41 Å². The van der Waals surface area contributed by atoms with Gasteiger partial charge in [-0.25, -0.2) is 0 Å². The minimum absolute atomic E-state index is 0.265. The summed E-state index contributed by atoms with van der Waals surface area (Å²) in [6.45, 7) is 7.33. The van der Waals surface area contributed by atoms with Crippen molar-refractivity contribution in [2.45, 2.75) is 39.0 Å². The van der Waals surface area contributed by atoms with Gasteiger partial charge in [0, 0.05) is 28.6 Å². The molecule has 2 heteroatoms. The molecular weight excluding hydrogens is 208 g/mol. The second kappa shape index (κ2) is 3.36. The van der Waals surface area contributed by atoms with Crippen LogP contribution in [0.25, 0.3) is 10.9 Å². The normalized spacial score (nSPS) is 17.6. The van der Waals surface area contributed by atoms with Crippen LogP contribution in [-0.4, -0.2) is 11.5 Å². The van der Waals surface area contributed by atoms with Crippen LogP contribution in [0.2, 0.25) is 0 Å². The summed E-state index contributed by atoms with van der Waals surface area (Å²) in [6.07, 6.45) is 2.48. The van der Waals surface area contributed by atoms with Crippen LogP contribution < -0.4 is 5.73 Å². The van der Waals surface area contributed by atoms with E-state index < -0.39 is 0 Å². The van der Waals surface area contributed by atoms with Crippen molar-refractivity contribution in [1.29, 1.82) is 0 Å². The van der Waals surface area contributed by atoms with Gasteiger partial charge in [-0.05, 0) is 50.3 Å². The number of nitrogens with two attached hydrogens (primary N) is 1. The maximum absolute atomic E-state index is 5.99. The van der Waals surface area contributed by atoms with Crippen molar-refractivity contribution in [2.75, 3.05) is 6.54 Å². The van der Waals surface area contributed by atoms with E-state index in [1.54, 1.807) is 0 Å². The Bertz CT molecular complexity index is 588. The van der Waals surface area contributed by atoms with Crippen molar-refractivity contribution in [3.05, 3.63) is 34.5 Å². The van der Waals surface area contributed by atoms with Crippen molar-refractivity contribution in [3.8, 4) is 0 Å². The average molecular weight is 228 g/mol. The highest BCUT2D eigenvalue weighted by atomic mass is 14.8. The summed E-state index contributed by atoms with van der Waals surface area (Å²) < 4.78 is 0. The lowest BCUT2D eigenvalue weighted by Crippen LogP contribution is -2.20. The first-order valence-corrected chi connectivity index (χ1v) is 6.38. The van der Waals surface area contributed by atoms with Crippen molar-refractivity contribution in [2.24, 2.45) is 5.73 Å². The van der Waals surface area contributed by atoms with Gasteiger partial charge < -0.3 is 10.7 Å². The standard InChI is InChI=1S/C15H20N2/c1-9-4-5-10(2)14-12(9)13(11(3)17-14)15(8-16)6-7-15/h4-5,17H,6-8,16H2,1-3H3. The first kappa shape index (κ1) is 10.8. The van der Waals surface area contributed by atoms with Crippen LogP contribution in [0.3, 0.4) is 0 Å². The Morgan fingerprint density at radius 3 is 2.41 bits per heavy atom. The lowest BCUT2D eigenvalue weighted by Gasteiger charge is -2.14. The first-order chi connectivity index (χ1) is 8.09. The van der Waals surface area contributed by atoms with Crippen molar-refractivity contribution >= 4 is 10.9 Å². The molecule has 0 radical (unpaired) electrons. The molecule has 1 aliphatic rings. The number of fused-ring (bicyclic) bond motifs is 1. The third-order valence-electron chi connectivity index (χ3n) is 4.33. The van der Waals surface area contributed by atoms with Crippen LogP contribution in [0.5, 0.6) is 0 Å². The summed E-state index contributed by atoms with van der Waals surface area (Å²) in [7, 11) is 0. The number of aromatic nitrogens is 1. The molecule has 0 saturated heterocycles. The SMILES string of the molecule is Cc1[nH]c2c(C)ccc(C)c2c1C1(CN)CC1. The molecule has 2 nitrogen and oxygen atoms in total. The molecule has 0 atom stereocenters. The van der Waals surface area contributed by atoms with Crippen LogP contribution in [-0.2, 0) is 5.41 Å². The zero-order valence-electron chi connectivity index (χ0n) is 10.9. The van der Waals surface area contributed by atoms with E-state index in [1.165, 1.54) is 46.1 Å². The summed E-state index contributed by atoms with van der Waals surface area (Å²) in [5, 5.41) is 1.42.